The van der Waals surface area contributed by atoms with Crippen molar-refractivity contribution in [1.29, 1.82) is 0 Å². The molecule has 0 aromatic rings. The molecule has 2 N–H and O–H groups in total. The second-order valence-corrected chi connectivity index (χ2v) is 5.07. The number of likely N-dealkylation sites (N-methyl/N-ethyl adjacent to an activating group) is 1. The van der Waals surface area contributed by atoms with Crippen LogP contribution in [0.1, 0.15) is 32.1 Å². The smallest absolute Gasteiger partial charge is 0.315 e. The van der Waals surface area contributed by atoms with Crippen LogP contribution in [0.2, 0.25) is 0 Å². The molecule has 4 heteroatoms. The van der Waals surface area contributed by atoms with Crippen molar-refractivity contribution in [2.45, 2.75) is 43.7 Å². The molecule has 0 unspecified atom stereocenters. The molecule has 2 fully saturated rings. The summed E-state index contributed by atoms with van der Waals surface area (Å²) in [6, 6.07) is 0.451. The molecule has 0 radical (unpaired) electrons. The molecule has 0 spiro atoms. The Morgan fingerprint density at radius 3 is 2.47 bits per heavy atom. The van der Waals surface area contributed by atoms with Crippen LogP contribution in [0.4, 0.5) is 4.79 Å². The number of nitrogens with one attached hydrogen (secondary N) is 2. The molecule has 0 atom stereocenters. The standard InChI is InChI=1S/C11H21N3O/c1-14(2)11(6-3-7-11)8-12-10(15)13-9-4-5-9/h9H,3-8H2,1-2H3,(H2,12,13,15). The van der Waals surface area contributed by atoms with E-state index in [0.717, 1.165) is 19.4 Å². The lowest BCUT2D eigenvalue weighted by Crippen LogP contribution is -2.58. The molecule has 0 bridgehead atoms. The van der Waals surface area contributed by atoms with E-state index in [1.165, 1.54) is 19.3 Å². The highest BCUT2D eigenvalue weighted by atomic mass is 16.2. The zero-order valence-corrected chi connectivity index (χ0v) is 9.68. The molecular weight excluding hydrogens is 190 g/mol. The van der Waals surface area contributed by atoms with Gasteiger partial charge in [-0.2, -0.15) is 0 Å². The van der Waals surface area contributed by atoms with Crippen LogP contribution in [0.15, 0.2) is 0 Å². The van der Waals surface area contributed by atoms with Crippen LogP contribution in [-0.4, -0.2) is 43.2 Å². The number of rotatable bonds is 4. The molecule has 0 heterocycles. The average Bonchev–Trinajstić information content (AvgIpc) is 2.85. The van der Waals surface area contributed by atoms with E-state index in [0.29, 0.717) is 6.04 Å². The van der Waals surface area contributed by atoms with Gasteiger partial charge in [0.25, 0.3) is 0 Å². The maximum atomic E-state index is 11.5. The van der Waals surface area contributed by atoms with Gasteiger partial charge in [-0.25, -0.2) is 4.79 Å². The summed E-state index contributed by atoms with van der Waals surface area (Å²) in [5.41, 5.74) is 0.223. The third kappa shape index (κ3) is 2.43. The van der Waals surface area contributed by atoms with Crippen molar-refractivity contribution >= 4 is 6.03 Å². The fraction of sp³-hybridized carbons (Fsp3) is 0.909. The largest absolute Gasteiger partial charge is 0.336 e. The summed E-state index contributed by atoms with van der Waals surface area (Å²) < 4.78 is 0. The fourth-order valence-electron chi connectivity index (χ4n) is 2.08. The molecular formula is C11H21N3O. The number of hydrogen-bond donors (Lipinski definition) is 2. The Labute approximate surface area is 91.4 Å². The fourth-order valence-corrected chi connectivity index (χ4v) is 2.08. The van der Waals surface area contributed by atoms with Crippen LogP contribution >= 0.6 is 0 Å². The van der Waals surface area contributed by atoms with Crippen molar-refractivity contribution in [1.82, 2.24) is 15.5 Å². The SMILES string of the molecule is CN(C)C1(CNC(=O)NC2CC2)CCC1. The normalized spacial score (nSPS) is 23.4. The molecule has 0 saturated heterocycles. The third-order valence-electron chi connectivity index (χ3n) is 3.72. The zero-order chi connectivity index (χ0) is 10.9. The van der Waals surface area contributed by atoms with E-state index in [4.69, 9.17) is 0 Å². The molecule has 0 aromatic carbocycles. The Bertz CT molecular complexity index is 244. The Kier molecular flexibility index (Phi) is 2.87. The first-order chi connectivity index (χ1) is 7.12. The molecule has 2 rings (SSSR count). The topological polar surface area (TPSA) is 44.4 Å². The molecule has 0 aromatic heterocycles. The van der Waals surface area contributed by atoms with E-state index in [1.807, 2.05) is 0 Å². The van der Waals surface area contributed by atoms with Crippen LogP contribution in [0.3, 0.4) is 0 Å². The summed E-state index contributed by atoms with van der Waals surface area (Å²) in [7, 11) is 4.19. The first-order valence-electron chi connectivity index (χ1n) is 5.84. The Morgan fingerprint density at radius 2 is 2.07 bits per heavy atom. The monoisotopic (exact) mass is 211 g/mol. The zero-order valence-electron chi connectivity index (χ0n) is 9.68. The lowest BCUT2D eigenvalue weighted by Gasteiger charge is -2.47. The van der Waals surface area contributed by atoms with Crippen LogP contribution in [0.5, 0.6) is 0 Å². The lowest BCUT2D eigenvalue weighted by molar-refractivity contribution is 0.0625. The van der Waals surface area contributed by atoms with Gasteiger partial charge in [-0.3, -0.25) is 0 Å². The first kappa shape index (κ1) is 10.7. The maximum Gasteiger partial charge on any atom is 0.315 e. The molecule has 15 heavy (non-hydrogen) atoms. The summed E-state index contributed by atoms with van der Waals surface area (Å²) in [6.45, 7) is 0.776. The molecule has 2 saturated carbocycles. The first-order valence-corrected chi connectivity index (χ1v) is 5.84. The minimum absolute atomic E-state index is 0.00521. The molecule has 2 amide bonds. The molecule has 2 aliphatic rings. The average molecular weight is 211 g/mol. The van der Waals surface area contributed by atoms with Gasteiger partial charge in [0, 0.05) is 18.1 Å². The van der Waals surface area contributed by atoms with E-state index in [1.54, 1.807) is 0 Å². The van der Waals surface area contributed by atoms with Crippen molar-refractivity contribution in [2.24, 2.45) is 0 Å². The van der Waals surface area contributed by atoms with Crippen molar-refractivity contribution in [2.75, 3.05) is 20.6 Å². The van der Waals surface area contributed by atoms with Crippen LogP contribution in [0, 0.1) is 0 Å². The summed E-state index contributed by atoms with van der Waals surface area (Å²) in [5.74, 6) is 0. The maximum absolute atomic E-state index is 11.5. The molecule has 86 valence electrons. The highest BCUT2D eigenvalue weighted by molar-refractivity contribution is 5.74. The minimum Gasteiger partial charge on any atom is -0.336 e. The summed E-state index contributed by atoms with van der Waals surface area (Å²) in [5, 5.41) is 5.93. The Morgan fingerprint density at radius 1 is 1.40 bits per heavy atom. The van der Waals surface area contributed by atoms with E-state index in [-0.39, 0.29) is 11.6 Å². The highest BCUT2D eigenvalue weighted by Gasteiger charge is 2.39. The molecule has 0 aliphatic heterocycles. The van der Waals surface area contributed by atoms with Gasteiger partial charge in [0.2, 0.25) is 0 Å². The van der Waals surface area contributed by atoms with Gasteiger partial charge in [-0.15, -0.1) is 0 Å². The summed E-state index contributed by atoms with van der Waals surface area (Å²) >= 11 is 0. The van der Waals surface area contributed by atoms with Gasteiger partial charge >= 0.3 is 6.03 Å². The molecule has 4 nitrogen and oxygen atoms in total. The van der Waals surface area contributed by atoms with E-state index >= 15 is 0 Å². The van der Waals surface area contributed by atoms with Gasteiger partial charge < -0.3 is 15.5 Å². The van der Waals surface area contributed by atoms with Gasteiger partial charge in [-0.1, -0.05) is 0 Å². The van der Waals surface area contributed by atoms with Gasteiger partial charge in [-0.05, 0) is 46.2 Å². The van der Waals surface area contributed by atoms with Gasteiger partial charge in [0.05, 0.1) is 0 Å². The van der Waals surface area contributed by atoms with Crippen molar-refractivity contribution in [3.63, 3.8) is 0 Å². The predicted molar refractivity (Wildman–Crippen MR) is 59.8 cm³/mol. The van der Waals surface area contributed by atoms with Crippen molar-refractivity contribution in [3.8, 4) is 0 Å². The van der Waals surface area contributed by atoms with Gasteiger partial charge in [0.1, 0.15) is 0 Å². The second-order valence-electron chi connectivity index (χ2n) is 5.07. The van der Waals surface area contributed by atoms with Gasteiger partial charge in [0.15, 0.2) is 0 Å². The Hall–Kier alpha value is -0.770. The van der Waals surface area contributed by atoms with Crippen molar-refractivity contribution < 1.29 is 4.79 Å². The van der Waals surface area contributed by atoms with E-state index in [9.17, 15) is 4.79 Å². The number of hydrogen-bond acceptors (Lipinski definition) is 2. The summed E-state index contributed by atoms with van der Waals surface area (Å²) in [6.07, 6.45) is 5.97. The molecule has 2 aliphatic carbocycles. The third-order valence-corrected chi connectivity index (χ3v) is 3.72. The lowest BCUT2D eigenvalue weighted by atomic mass is 9.75. The quantitative estimate of drug-likeness (QED) is 0.726. The number of carbonyl (C=O) groups excluding carboxylic acids is 1. The number of nitrogens with zero attached hydrogens (tertiary/aromatic N) is 1. The van der Waals surface area contributed by atoms with Crippen LogP contribution in [0.25, 0.3) is 0 Å². The number of carbonyl (C=O) groups is 1. The van der Waals surface area contributed by atoms with Crippen molar-refractivity contribution in [3.05, 3.63) is 0 Å². The van der Waals surface area contributed by atoms with E-state index < -0.39 is 0 Å². The summed E-state index contributed by atoms with van der Waals surface area (Å²) in [4.78, 5) is 13.7. The predicted octanol–water partition coefficient (Wildman–Crippen LogP) is 0.932. The van der Waals surface area contributed by atoms with Crippen LogP contribution in [-0.2, 0) is 0 Å². The number of amides is 2. The Balaban J connectivity index is 1.73. The van der Waals surface area contributed by atoms with E-state index in [2.05, 4.69) is 29.6 Å². The minimum atomic E-state index is 0.00521. The van der Waals surface area contributed by atoms with Crippen LogP contribution < -0.4 is 10.6 Å². The number of urea groups is 1. The highest BCUT2D eigenvalue weighted by Crippen LogP contribution is 2.35. The second kappa shape index (κ2) is 4.00.